The molecule has 0 aliphatic heterocycles. The molecule has 1 amide bonds. The predicted molar refractivity (Wildman–Crippen MR) is 78.5 cm³/mol. The van der Waals surface area contributed by atoms with Gasteiger partial charge in [0.05, 0.1) is 12.5 Å². The van der Waals surface area contributed by atoms with E-state index in [1.54, 1.807) is 4.68 Å². The highest BCUT2D eigenvalue weighted by Gasteiger charge is 2.15. The van der Waals surface area contributed by atoms with Gasteiger partial charge in [0, 0.05) is 5.69 Å². The van der Waals surface area contributed by atoms with Crippen molar-refractivity contribution in [3.05, 3.63) is 41.5 Å². The van der Waals surface area contributed by atoms with E-state index >= 15 is 0 Å². The maximum absolute atomic E-state index is 12.1. The van der Waals surface area contributed by atoms with E-state index in [1.165, 1.54) is 5.56 Å². The number of hydrogen-bond acceptors (Lipinski definition) is 3. The monoisotopic (exact) mass is 272 g/mol. The molecule has 0 bridgehead atoms. The number of aromatic nitrogens is 3. The van der Waals surface area contributed by atoms with Gasteiger partial charge < -0.3 is 5.32 Å². The summed E-state index contributed by atoms with van der Waals surface area (Å²) in [5, 5.41) is 7.19. The van der Waals surface area contributed by atoms with Gasteiger partial charge in [-0.2, -0.15) is 5.10 Å². The van der Waals surface area contributed by atoms with E-state index in [2.05, 4.69) is 15.4 Å². The number of carbonyl (C=O) groups excluding carboxylic acids is 1. The van der Waals surface area contributed by atoms with Gasteiger partial charge in [-0.25, -0.2) is 9.67 Å². The van der Waals surface area contributed by atoms with Crippen LogP contribution in [-0.2, 0) is 11.3 Å². The molecule has 1 N–H and O–H groups in total. The first-order valence-corrected chi connectivity index (χ1v) is 6.71. The van der Waals surface area contributed by atoms with Crippen molar-refractivity contribution in [2.24, 2.45) is 5.92 Å². The zero-order valence-corrected chi connectivity index (χ0v) is 12.3. The Hall–Kier alpha value is -2.17. The van der Waals surface area contributed by atoms with Crippen molar-refractivity contribution < 1.29 is 4.79 Å². The topological polar surface area (TPSA) is 59.8 Å². The first kappa shape index (κ1) is 14.2. The summed E-state index contributed by atoms with van der Waals surface area (Å²) >= 11 is 0. The van der Waals surface area contributed by atoms with Gasteiger partial charge in [0.1, 0.15) is 11.6 Å². The first-order valence-electron chi connectivity index (χ1n) is 6.71. The number of benzene rings is 1. The molecule has 0 unspecified atom stereocenters. The Balaban J connectivity index is 1.98. The molecular weight excluding hydrogens is 252 g/mol. The molecule has 2 rings (SSSR count). The van der Waals surface area contributed by atoms with Gasteiger partial charge in [-0.05, 0) is 32.9 Å². The maximum Gasteiger partial charge on any atom is 0.229 e. The second kappa shape index (κ2) is 5.86. The predicted octanol–water partition coefficient (Wildman–Crippen LogP) is 2.48. The fourth-order valence-electron chi connectivity index (χ4n) is 1.98. The Kier molecular flexibility index (Phi) is 4.17. The number of rotatable bonds is 4. The van der Waals surface area contributed by atoms with Crippen molar-refractivity contribution in [3.63, 3.8) is 0 Å². The maximum atomic E-state index is 12.1. The molecule has 0 spiro atoms. The first-order chi connectivity index (χ1) is 9.45. The van der Waals surface area contributed by atoms with Crippen molar-refractivity contribution in [2.45, 2.75) is 34.2 Å². The molecular formula is C15H20N4O. The average molecular weight is 272 g/mol. The number of hydrogen-bond donors (Lipinski definition) is 1. The molecule has 0 fully saturated rings. The highest BCUT2D eigenvalue weighted by Crippen LogP contribution is 2.11. The van der Waals surface area contributed by atoms with Gasteiger partial charge in [-0.3, -0.25) is 4.79 Å². The number of anilines is 1. The molecule has 5 nitrogen and oxygen atoms in total. The van der Waals surface area contributed by atoms with Crippen LogP contribution in [0.25, 0.3) is 0 Å². The minimum absolute atomic E-state index is 0.0126. The van der Waals surface area contributed by atoms with Gasteiger partial charge in [0.2, 0.25) is 5.91 Å². The number of carbonyl (C=O) groups is 1. The van der Waals surface area contributed by atoms with Crippen LogP contribution in [0.15, 0.2) is 24.3 Å². The third-order valence-electron chi connectivity index (χ3n) is 3.18. The molecule has 20 heavy (non-hydrogen) atoms. The summed E-state index contributed by atoms with van der Waals surface area (Å²) in [6.45, 7) is 8.18. The lowest BCUT2D eigenvalue weighted by molar-refractivity contribution is -0.119. The zero-order valence-electron chi connectivity index (χ0n) is 12.3. The van der Waals surface area contributed by atoms with Crippen molar-refractivity contribution in [1.82, 2.24) is 14.8 Å². The fourth-order valence-corrected chi connectivity index (χ4v) is 1.98. The molecule has 5 heteroatoms. The van der Waals surface area contributed by atoms with Crippen molar-refractivity contribution >= 4 is 11.6 Å². The number of nitrogens with one attached hydrogen (secondary N) is 1. The van der Waals surface area contributed by atoms with Crippen LogP contribution >= 0.6 is 0 Å². The van der Waals surface area contributed by atoms with E-state index in [9.17, 15) is 4.79 Å². The van der Waals surface area contributed by atoms with E-state index in [-0.39, 0.29) is 11.8 Å². The summed E-state index contributed by atoms with van der Waals surface area (Å²) in [7, 11) is 0. The van der Waals surface area contributed by atoms with Gasteiger partial charge in [0.25, 0.3) is 0 Å². The van der Waals surface area contributed by atoms with Crippen molar-refractivity contribution in [2.75, 3.05) is 5.32 Å². The van der Waals surface area contributed by atoms with E-state index < -0.39 is 0 Å². The summed E-state index contributed by atoms with van der Waals surface area (Å²) in [6.07, 6.45) is 0. The summed E-state index contributed by atoms with van der Waals surface area (Å²) < 4.78 is 1.77. The molecule has 1 aromatic heterocycles. The van der Waals surface area contributed by atoms with E-state index in [0.717, 1.165) is 17.3 Å². The SMILES string of the molecule is Cc1ccc(NC(=O)[C@@H](C)Cn2nc(C)nc2C)cc1. The molecule has 0 aliphatic rings. The second-order valence-corrected chi connectivity index (χ2v) is 5.14. The number of amides is 1. The molecule has 1 atom stereocenters. The fraction of sp³-hybridized carbons (Fsp3) is 0.400. The molecule has 1 aromatic carbocycles. The number of nitrogens with zero attached hydrogens (tertiary/aromatic N) is 3. The van der Waals surface area contributed by atoms with Crippen LogP contribution in [-0.4, -0.2) is 20.7 Å². The lowest BCUT2D eigenvalue weighted by atomic mass is 10.1. The molecule has 0 aliphatic carbocycles. The van der Waals surface area contributed by atoms with Crippen LogP contribution in [0.2, 0.25) is 0 Å². The Morgan fingerprint density at radius 2 is 1.90 bits per heavy atom. The zero-order chi connectivity index (χ0) is 14.7. The third kappa shape index (κ3) is 3.44. The summed E-state index contributed by atoms with van der Waals surface area (Å²) in [4.78, 5) is 16.4. The standard InChI is InChI=1S/C15H20N4O/c1-10-5-7-14(8-6-10)17-15(20)11(2)9-19-13(4)16-12(3)18-19/h5-8,11H,9H2,1-4H3,(H,17,20)/t11-/m0/s1. The van der Waals surface area contributed by atoms with Gasteiger partial charge in [-0.15, -0.1) is 0 Å². The summed E-state index contributed by atoms with van der Waals surface area (Å²) in [5.74, 6) is 1.38. The van der Waals surface area contributed by atoms with Crippen LogP contribution in [0.4, 0.5) is 5.69 Å². The van der Waals surface area contributed by atoms with Crippen LogP contribution < -0.4 is 5.32 Å². The summed E-state index contributed by atoms with van der Waals surface area (Å²) in [6, 6.07) is 7.77. The summed E-state index contributed by atoms with van der Waals surface area (Å²) in [5.41, 5.74) is 1.99. The van der Waals surface area contributed by atoms with Gasteiger partial charge >= 0.3 is 0 Å². The normalized spacial score (nSPS) is 12.2. The lowest BCUT2D eigenvalue weighted by Crippen LogP contribution is -2.25. The highest BCUT2D eigenvalue weighted by atomic mass is 16.1. The smallest absolute Gasteiger partial charge is 0.229 e. The molecule has 0 radical (unpaired) electrons. The van der Waals surface area contributed by atoms with Crippen LogP contribution in [0.1, 0.15) is 24.1 Å². The van der Waals surface area contributed by atoms with Gasteiger partial charge in [0.15, 0.2) is 0 Å². The quantitative estimate of drug-likeness (QED) is 0.930. The largest absolute Gasteiger partial charge is 0.326 e. The van der Waals surface area contributed by atoms with Gasteiger partial charge in [-0.1, -0.05) is 24.6 Å². The number of aryl methyl sites for hydroxylation is 3. The molecule has 106 valence electrons. The van der Waals surface area contributed by atoms with Crippen LogP contribution in [0, 0.1) is 26.7 Å². The van der Waals surface area contributed by atoms with E-state index in [1.807, 2.05) is 52.0 Å². The Labute approximate surface area is 119 Å². The van der Waals surface area contributed by atoms with E-state index in [0.29, 0.717) is 6.54 Å². The van der Waals surface area contributed by atoms with Crippen molar-refractivity contribution in [1.29, 1.82) is 0 Å². The molecule has 2 aromatic rings. The minimum atomic E-state index is -0.170. The third-order valence-corrected chi connectivity index (χ3v) is 3.18. The minimum Gasteiger partial charge on any atom is -0.326 e. The second-order valence-electron chi connectivity index (χ2n) is 5.14. The molecule has 0 saturated carbocycles. The Morgan fingerprint density at radius 1 is 1.25 bits per heavy atom. The Bertz CT molecular complexity index is 601. The average Bonchev–Trinajstić information content (AvgIpc) is 2.70. The molecule has 0 saturated heterocycles. The van der Waals surface area contributed by atoms with E-state index in [4.69, 9.17) is 0 Å². The highest BCUT2D eigenvalue weighted by molar-refractivity contribution is 5.92. The van der Waals surface area contributed by atoms with Crippen LogP contribution in [0.3, 0.4) is 0 Å². The Morgan fingerprint density at radius 3 is 2.45 bits per heavy atom. The lowest BCUT2D eigenvalue weighted by Gasteiger charge is -2.13. The molecule has 1 heterocycles. The van der Waals surface area contributed by atoms with Crippen molar-refractivity contribution in [3.8, 4) is 0 Å². The van der Waals surface area contributed by atoms with Crippen LogP contribution in [0.5, 0.6) is 0 Å².